The molecule has 144 valence electrons. The lowest BCUT2D eigenvalue weighted by molar-refractivity contribution is -0.122. The van der Waals surface area contributed by atoms with Crippen LogP contribution >= 0.6 is 15.9 Å². The molecule has 2 aromatic carbocycles. The number of halogens is 1. The average Bonchev–Trinajstić information content (AvgIpc) is 3.07. The lowest BCUT2D eigenvalue weighted by Crippen LogP contribution is -2.42. The molecule has 1 heterocycles. The van der Waals surface area contributed by atoms with Crippen molar-refractivity contribution in [1.29, 1.82) is 0 Å². The Bertz CT molecular complexity index is 999. The van der Waals surface area contributed by atoms with Gasteiger partial charge in [0.1, 0.15) is 6.54 Å². The van der Waals surface area contributed by atoms with E-state index in [4.69, 9.17) is 4.99 Å². The minimum Gasteiger partial charge on any atom is -0.324 e. The van der Waals surface area contributed by atoms with E-state index in [1.54, 1.807) is 4.90 Å². The number of benzene rings is 2. The fourth-order valence-electron chi connectivity index (χ4n) is 3.85. The fraction of sp³-hybridized carbons (Fsp3) is 0.318. The third kappa shape index (κ3) is 3.61. The number of anilines is 2. The normalized spacial score (nSPS) is 18.2. The summed E-state index contributed by atoms with van der Waals surface area (Å²) < 4.78 is 0.886. The van der Waals surface area contributed by atoms with E-state index in [-0.39, 0.29) is 24.3 Å². The molecule has 1 N–H and O–H groups in total. The van der Waals surface area contributed by atoms with Gasteiger partial charge in [0, 0.05) is 15.9 Å². The lowest BCUT2D eigenvalue weighted by Gasteiger charge is -2.25. The third-order valence-corrected chi connectivity index (χ3v) is 5.94. The molecule has 0 bridgehead atoms. The predicted molar refractivity (Wildman–Crippen MR) is 115 cm³/mol. The summed E-state index contributed by atoms with van der Waals surface area (Å²) in [5.41, 5.74) is 5.36. The van der Waals surface area contributed by atoms with E-state index >= 15 is 0 Å². The Kier molecular flexibility index (Phi) is 5.06. The molecule has 2 amide bonds. The summed E-state index contributed by atoms with van der Waals surface area (Å²) in [6.07, 6.45) is 2.61. The van der Waals surface area contributed by atoms with E-state index in [1.807, 2.05) is 50.2 Å². The van der Waals surface area contributed by atoms with Crippen LogP contribution < -0.4 is 10.2 Å². The van der Waals surface area contributed by atoms with Gasteiger partial charge in [0.05, 0.1) is 17.3 Å². The zero-order valence-corrected chi connectivity index (χ0v) is 17.5. The van der Waals surface area contributed by atoms with Crippen LogP contribution in [0.5, 0.6) is 0 Å². The maximum atomic E-state index is 13.3. The van der Waals surface area contributed by atoms with E-state index in [2.05, 4.69) is 21.2 Å². The van der Waals surface area contributed by atoms with Crippen molar-refractivity contribution in [3.63, 3.8) is 0 Å². The molecule has 1 fully saturated rings. The van der Waals surface area contributed by atoms with Gasteiger partial charge in [-0.1, -0.05) is 22.0 Å². The topological polar surface area (TPSA) is 61.8 Å². The van der Waals surface area contributed by atoms with Gasteiger partial charge in [-0.25, -0.2) is 0 Å². The van der Waals surface area contributed by atoms with Crippen molar-refractivity contribution in [1.82, 2.24) is 0 Å². The molecule has 0 aromatic heterocycles. The summed E-state index contributed by atoms with van der Waals surface area (Å²) in [6, 6.07) is 11.4. The Labute approximate surface area is 173 Å². The van der Waals surface area contributed by atoms with Gasteiger partial charge in [-0.3, -0.25) is 14.6 Å². The zero-order chi connectivity index (χ0) is 19.8. The highest BCUT2D eigenvalue weighted by atomic mass is 79.9. The molecule has 0 spiro atoms. The first-order chi connectivity index (χ1) is 13.4. The van der Waals surface area contributed by atoms with Gasteiger partial charge in [-0.05, 0) is 74.6 Å². The average molecular weight is 440 g/mol. The van der Waals surface area contributed by atoms with Gasteiger partial charge in [0.15, 0.2) is 0 Å². The van der Waals surface area contributed by atoms with Crippen LogP contribution in [-0.4, -0.2) is 24.1 Å². The predicted octanol–water partition coefficient (Wildman–Crippen LogP) is 4.92. The number of aliphatic imine (C=N–C) groups is 1. The van der Waals surface area contributed by atoms with Crippen LogP contribution in [0.4, 0.5) is 17.1 Å². The van der Waals surface area contributed by atoms with Crippen LogP contribution in [0.25, 0.3) is 0 Å². The number of aryl methyl sites for hydroxylation is 2. The first-order valence-electron chi connectivity index (χ1n) is 9.48. The van der Waals surface area contributed by atoms with Crippen LogP contribution in [0.1, 0.15) is 30.4 Å². The maximum Gasteiger partial charge on any atom is 0.244 e. The highest BCUT2D eigenvalue weighted by Crippen LogP contribution is 2.39. The van der Waals surface area contributed by atoms with E-state index < -0.39 is 0 Å². The number of fused-ring (bicyclic) bond motifs is 2. The standard InChI is InChI=1S/C22H22BrN3O2/c1-13-9-19-20(10-14(13)2)26(22(28)17-7-4-8-18(17)25-19)12-21(27)24-16-6-3-5-15(23)11-16/h3,5-6,9-11,17H,4,7-8,12H2,1-2H3,(H,24,27)/t17-/m0/s1. The monoisotopic (exact) mass is 439 g/mol. The molecular formula is C22H22BrN3O2. The number of nitrogens with one attached hydrogen (secondary N) is 1. The summed E-state index contributed by atoms with van der Waals surface area (Å²) in [4.78, 5) is 32.5. The van der Waals surface area contributed by atoms with Gasteiger partial charge >= 0.3 is 0 Å². The van der Waals surface area contributed by atoms with Crippen molar-refractivity contribution >= 4 is 50.5 Å². The Morgan fingerprint density at radius 3 is 2.82 bits per heavy atom. The second-order valence-corrected chi connectivity index (χ2v) is 8.37. The summed E-state index contributed by atoms with van der Waals surface area (Å²) in [7, 11) is 0. The van der Waals surface area contributed by atoms with Crippen LogP contribution in [0.3, 0.4) is 0 Å². The molecule has 2 aromatic rings. The van der Waals surface area contributed by atoms with E-state index in [1.165, 1.54) is 0 Å². The van der Waals surface area contributed by atoms with E-state index in [0.717, 1.165) is 51.9 Å². The molecule has 28 heavy (non-hydrogen) atoms. The van der Waals surface area contributed by atoms with Gasteiger partial charge < -0.3 is 10.2 Å². The molecule has 5 nitrogen and oxygen atoms in total. The molecule has 0 saturated heterocycles. The highest BCUT2D eigenvalue weighted by molar-refractivity contribution is 9.10. The zero-order valence-electron chi connectivity index (χ0n) is 16.0. The number of nitrogens with zero attached hydrogens (tertiary/aromatic N) is 2. The van der Waals surface area contributed by atoms with Gasteiger partial charge in [-0.2, -0.15) is 0 Å². The minimum atomic E-state index is -0.225. The van der Waals surface area contributed by atoms with Crippen molar-refractivity contribution < 1.29 is 9.59 Å². The van der Waals surface area contributed by atoms with E-state index in [9.17, 15) is 9.59 Å². The van der Waals surface area contributed by atoms with Gasteiger partial charge in [0.25, 0.3) is 0 Å². The van der Waals surface area contributed by atoms with Crippen LogP contribution in [0, 0.1) is 19.8 Å². The number of hydrogen-bond donors (Lipinski definition) is 1. The number of rotatable bonds is 3. The van der Waals surface area contributed by atoms with Crippen molar-refractivity contribution in [2.24, 2.45) is 10.9 Å². The fourth-order valence-corrected chi connectivity index (χ4v) is 4.25. The van der Waals surface area contributed by atoms with Gasteiger partial charge in [-0.15, -0.1) is 0 Å². The molecule has 0 unspecified atom stereocenters. The minimum absolute atomic E-state index is 0.0253. The molecule has 6 heteroatoms. The number of hydrogen-bond acceptors (Lipinski definition) is 3. The van der Waals surface area contributed by atoms with Crippen molar-refractivity contribution in [3.8, 4) is 0 Å². The number of carbonyl (C=O) groups excluding carboxylic acids is 2. The Balaban J connectivity index is 1.67. The molecule has 1 saturated carbocycles. The molecule has 0 radical (unpaired) electrons. The van der Waals surface area contributed by atoms with Crippen LogP contribution in [-0.2, 0) is 9.59 Å². The Hall–Kier alpha value is -2.47. The first kappa shape index (κ1) is 18.9. The van der Waals surface area contributed by atoms with Crippen molar-refractivity contribution in [2.75, 3.05) is 16.8 Å². The smallest absolute Gasteiger partial charge is 0.244 e. The summed E-state index contributed by atoms with van der Waals surface area (Å²) >= 11 is 3.41. The maximum absolute atomic E-state index is 13.3. The Morgan fingerprint density at radius 1 is 1.25 bits per heavy atom. The third-order valence-electron chi connectivity index (χ3n) is 5.45. The highest BCUT2D eigenvalue weighted by Gasteiger charge is 2.37. The summed E-state index contributed by atoms with van der Waals surface area (Å²) in [5.74, 6) is -0.466. The first-order valence-corrected chi connectivity index (χ1v) is 10.3. The van der Waals surface area contributed by atoms with Gasteiger partial charge in [0.2, 0.25) is 11.8 Å². The summed E-state index contributed by atoms with van der Waals surface area (Å²) in [5, 5.41) is 2.89. The molecular weight excluding hydrogens is 418 g/mol. The van der Waals surface area contributed by atoms with Crippen molar-refractivity contribution in [2.45, 2.75) is 33.1 Å². The van der Waals surface area contributed by atoms with Crippen LogP contribution in [0.2, 0.25) is 0 Å². The summed E-state index contributed by atoms with van der Waals surface area (Å²) in [6.45, 7) is 4.03. The Morgan fingerprint density at radius 2 is 2.04 bits per heavy atom. The molecule has 1 atom stereocenters. The van der Waals surface area contributed by atoms with E-state index in [0.29, 0.717) is 5.69 Å². The van der Waals surface area contributed by atoms with Crippen molar-refractivity contribution in [3.05, 3.63) is 52.0 Å². The molecule has 2 aliphatic rings. The second kappa shape index (κ2) is 7.51. The number of carbonyl (C=O) groups is 2. The lowest BCUT2D eigenvalue weighted by atomic mass is 10.0. The molecule has 1 aliphatic heterocycles. The molecule has 4 rings (SSSR count). The quantitative estimate of drug-likeness (QED) is 0.736. The second-order valence-electron chi connectivity index (χ2n) is 7.46. The SMILES string of the molecule is Cc1cc2c(cc1C)N(CC(=O)Nc1cccc(Br)c1)C(=O)[C@H]1CCCC1=N2. The van der Waals surface area contributed by atoms with Crippen LogP contribution in [0.15, 0.2) is 45.9 Å². The molecule has 1 aliphatic carbocycles. The number of amides is 2. The largest absolute Gasteiger partial charge is 0.324 e.